The number of aryl methyl sites for hydroxylation is 2. The van der Waals surface area contributed by atoms with Gasteiger partial charge in [0.15, 0.2) is 12.4 Å². The fourth-order valence-corrected chi connectivity index (χ4v) is 4.32. The van der Waals surface area contributed by atoms with Crippen LogP contribution >= 0.6 is 0 Å². The summed E-state index contributed by atoms with van der Waals surface area (Å²) in [6.07, 6.45) is 2.36. The SMILES string of the molecule is Cc1cccc(C)c1OCC(=O)N1CCn2c(nnc2C2CCCN(C)C2)C1. The van der Waals surface area contributed by atoms with Crippen LogP contribution in [0.25, 0.3) is 0 Å². The van der Waals surface area contributed by atoms with Crippen LogP contribution in [0.3, 0.4) is 0 Å². The quantitative estimate of drug-likeness (QED) is 0.809. The first-order chi connectivity index (χ1) is 13.5. The predicted molar refractivity (Wildman–Crippen MR) is 106 cm³/mol. The highest BCUT2D eigenvalue weighted by Crippen LogP contribution is 2.27. The first-order valence-electron chi connectivity index (χ1n) is 10.1. The lowest BCUT2D eigenvalue weighted by Gasteiger charge is -2.32. The maximum atomic E-state index is 12.7. The molecule has 0 N–H and O–H groups in total. The second kappa shape index (κ2) is 7.91. The Hall–Kier alpha value is -2.41. The molecular formula is C21H29N5O2. The average molecular weight is 383 g/mol. The van der Waals surface area contributed by atoms with Crippen LogP contribution < -0.4 is 4.74 Å². The summed E-state index contributed by atoms with van der Waals surface area (Å²) in [6.45, 7) is 8.18. The number of para-hydroxylation sites is 1. The van der Waals surface area contributed by atoms with Crippen molar-refractivity contribution in [2.75, 3.05) is 33.3 Å². The van der Waals surface area contributed by atoms with Crippen LogP contribution in [0.15, 0.2) is 18.2 Å². The first kappa shape index (κ1) is 18.9. The van der Waals surface area contributed by atoms with Crippen LogP contribution in [0, 0.1) is 13.8 Å². The van der Waals surface area contributed by atoms with Crippen LogP contribution in [0.2, 0.25) is 0 Å². The summed E-state index contributed by atoms with van der Waals surface area (Å²) in [4.78, 5) is 16.9. The Kier molecular flexibility index (Phi) is 5.35. The highest BCUT2D eigenvalue weighted by molar-refractivity contribution is 5.78. The zero-order valence-corrected chi connectivity index (χ0v) is 17.0. The second-order valence-electron chi connectivity index (χ2n) is 8.05. The highest BCUT2D eigenvalue weighted by Gasteiger charge is 2.29. The predicted octanol–water partition coefficient (Wildman–Crippen LogP) is 2.13. The number of piperidine rings is 1. The molecule has 2 aromatic rings. The molecule has 1 fully saturated rings. The third-order valence-corrected chi connectivity index (χ3v) is 5.87. The Bertz CT molecular complexity index is 842. The molecule has 0 aliphatic carbocycles. The van der Waals surface area contributed by atoms with Crippen molar-refractivity contribution in [2.24, 2.45) is 0 Å². The van der Waals surface area contributed by atoms with Crippen LogP contribution in [0.4, 0.5) is 0 Å². The minimum atomic E-state index is -0.00384. The lowest BCUT2D eigenvalue weighted by atomic mass is 9.97. The number of nitrogens with zero attached hydrogens (tertiary/aromatic N) is 5. The van der Waals surface area contributed by atoms with Crippen LogP contribution in [-0.4, -0.2) is 63.8 Å². The number of carbonyl (C=O) groups is 1. The molecule has 1 atom stereocenters. The molecule has 0 radical (unpaired) electrons. The van der Waals surface area contributed by atoms with Gasteiger partial charge in [0, 0.05) is 25.6 Å². The van der Waals surface area contributed by atoms with E-state index in [1.165, 1.54) is 6.42 Å². The van der Waals surface area contributed by atoms with Crippen molar-refractivity contribution in [1.82, 2.24) is 24.6 Å². The van der Waals surface area contributed by atoms with E-state index in [1.807, 2.05) is 36.9 Å². The van der Waals surface area contributed by atoms with Crippen molar-refractivity contribution in [1.29, 1.82) is 0 Å². The normalized spacial score (nSPS) is 20.1. The van der Waals surface area contributed by atoms with E-state index in [-0.39, 0.29) is 12.5 Å². The maximum absolute atomic E-state index is 12.7. The first-order valence-corrected chi connectivity index (χ1v) is 10.1. The number of likely N-dealkylation sites (N-methyl/N-ethyl adjacent to an activating group) is 1. The van der Waals surface area contributed by atoms with Crippen molar-refractivity contribution >= 4 is 5.91 Å². The van der Waals surface area contributed by atoms with Gasteiger partial charge in [0.2, 0.25) is 0 Å². The molecule has 1 aromatic heterocycles. The smallest absolute Gasteiger partial charge is 0.260 e. The molecule has 150 valence electrons. The lowest BCUT2D eigenvalue weighted by molar-refractivity contribution is -0.134. The van der Waals surface area contributed by atoms with E-state index in [4.69, 9.17) is 4.74 Å². The van der Waals surface area contributed by atoms with E-state index in [2.05, 4.69) is 26.7 Å². The number of aromatic nitrogens is 3. The summed E-state index contributed by atoms with van der Waals surface area (Å²) in [5.41, 5.74) is 2.10. The average Bonchev–Trinajstić information content (AvgIpc) is 3.10. The number of carbonyl (C=O) groups excluding carboxylic acids is 1. The molecule has 2 aliphatic heterocycles. The van der Waals surface area contributed by atoms with Crippen molar-refractivity contribution in [3.63, 3.8) is 0 Å². The molecule has 3 heterocycles. The van der Waals surface area contributed by atoms with E-state index in [1.54, 1.807) is 0 Å². The zero-order valence-electron chi connectivity index (χ0n) is 17.0. The summed E-state index contributed by atoms with van der Waals surface area (Å²) in [7, 11) is 2.16. The van der Waals surface area contributed by atoms with E-state index in [9.17, 15) is 4.79 Å². The van der Waals surface area contributed by atoms with Gasteiger partial charge in [0.05, 0.1) is 6.54 Å². The fraction of sp³-hybridized carbons (Fsp3) is 0.571. The Balaban J connectivity index is 1.39. The lowest BCUT2D eigenvalue weighted by Crippen LogP contribution is -2.41. The molecule has 0 spiro atoms. The molecule has 28 heavy (non-hydrogen) atoms. The standard InChI is InChI=1S/C21H29N5O2/c1-15-6-4-7-16(2)20(15)28-14-19(27)25-10-11-26-18(13-25)22-23-21(26)17-8-5-9-24(3)12-17/h4,6-7,17H,5,8-14H2,1-3H3. The van der Waals surface area contributed by atoms with Gasteiger partial charge in [-0.15, -0.1) is 10.2 Å². The van der Waals surface area contributed by atoms with Gasteiger partial charge in [0.25, 0.3) is 5.91 Å². The number of hydrogen-bond acceptors (Lipinski definition) is 5. The van der Waals surface area contributed by atoms with E-state index < -0.39 is 0 Å². The van der Waals surface area contributed by atoms with Gasteiger partial charge in [-0.2, -0.15) is 0 Å². The van der Waals surface area contributed by atoms with E-state index >= 15 is 0 Å². The molecule has 1 amide bonds. The van der Waals surface area contributed by atoms with Gasteiger partial charge < -0.3 is 19.1 Å². The molecule has 4 rings (SSSR count). The zero-order chi connectivity index (χ0) is 19.7. The number of amides is 1. The molecular weight excluding hydrogens is 354 g/mol. The summed E-state index contributed by atoms with van der Waals surface area (Å²) in [5, 5.41) is 8.88. The molecule has 7 nitrogen and oxygen atoms in total. The number of fused-ring (bicyclic) bond motifs is 1. The van der Waals surface area contributed by atoms with Crippen molar-refractivity contribution in [3.05, 3.63) is 41.0 Å². The number of likely N-dealkylation sites (tertiary alicyclic amines) is 1. The van der Waals surface area contributed by atoms with Gasteiger partial charge in [0.1, 0.15) is 11.6 Å². The highest BCUT2D eigenvalue weighted by atomic mass is 16.5. The van der Waals surface area contributed by atoms with Gasteiger partial charge >= 0.3 is 0 Å². The molecule has 1 saturated heterocycles. The minimum absolute atomic E-state index is 0.00384. The number of ether oxygens (including phenoxy) is 1. The van der Waals surface area contributed by atoms with Gasteiger partial charge in [-0.3, -0.25) is 4.79 Å². The van der Waals surface area contributed by atoms with Gasteiger partial charge in [-0.1, -0.05) is 18.2 Å². The Morgan fingerprint density at radius 3 is 2.71 bits per heavy atom. The summed E-state index contributed by atoms with van der Waals surface area (Å²) >= 11 is 0. The third-order valence-electron chi connectivity index (χ3n) is 5.87. The molecule has 1 unspecified atom stereocenters. The topological polar surface area (TPSA) is 63.5 Å². The second-order valence-corrected chi connectivity index (χ2v) is 8.05. The molecule has 1 aromatic carbocycles. The van der Waals surface area contributed by atoms with Crippen molar-refractivity contribution < 1.29 is 9.53 Å². The molecule has 2 aliphatic rings. The minimum Gasteiger partial charge on any atom is -0.483 e. The Morgan fingerprint density at radius 1 is 1.18 bits per heavy atom. The third kappa shape index (κ3) is 3.76. The van der Waals surface area contributed by atoms with Crippen LogP contribution in [-0.2, 0) is 17.9 Å². The van der Waals surface area contributed by atoms with Crippen LogP contribution in [0.5, 0.6) is 5.75 Å². The van der Waals surface area contributed by atoms with Crippen molar-refractivity contribution in [2.45, 2.75) is 45.7 Å². The fourth-order valence-electron chi connectivity index (χ4n) is 4.32. The Morgan fingerprint density at radius 2 is 1.96 bits per heavy atom. The Labute approximate surface area is 166 Å². The summed E-state index contributed by atoms with van der Waals surface area (Å²) in [6, 6.07) is 6.00. The summed E-state index contributed by atoms with van der Waals surface area (Å²) in [5.74, 6) is 3.21. The molecule has 0 bridgehead atoms. The van der Waals surface area contributed by atoms with Gasteiger partial charge in [-0.25, -0.2) is 0 Å². The largest absolute Gasteiger partial charge is 0.483 e. The van der Waals surface area contributed by atoms with E-state index in [0.29, 0.717) is 19.0 Å². The number of hydrogen-bond donors (Lipinski definition) is 0. The molecule has 0 saturated carbocycles. The molecule has 7 heteroatoms. The summed E-state index contributed by atoms with van der Waals surface area (Å²) < 4.78 is 8.07. The van der Waals surface area contributed by atoms with Crippen molar-refractivity contribution in [3.8, 4) is 5.75 Å². The maximum Gasteiger partial charge on any atom is 0.260 e. The van der Waals surface area contributed by atoms with Gasteiger partial charge in [-0.05, 0) is 51.4 Å². The van der Waals surface area contributed by atoms with E-state index in [0.717, 1.165) is 54.6 Å². The number of benzene rings is 1. The monoisotopic (exact) mass is 383 g/mol. The van der Waals surface area contributed by atoms with Crippen LogP contribution in [0.1, 0.15) is 41.5 Å². The number of rotatable bonds is 4.